The lowest BCUT2D eigenvalue weighted by molar-refractivity contribution is -0.147. The third-order valence-corrected chi connectivity index (χ3v) is 10.3. The number of carbonyl (C=O) groups is 5. The van der Waals surface area contributed by atoms with Crippen molar-refractivity contribution in [1.82, 2.24) is 40.5 Å². The van der Waals surface area contributed by atoms with E-state index in [1.165, 1.54) is 15.8 Å². The van der Waals surface area contributed by atoms with Gasteiger partial charge in [0.25, 0.3) is 11.8 Å². The maximum absolute atomic E-state index is 14.7. The molecule has 6 N–H and O–H groups in total. The molecule has 2 aliphatic heterocycles. The summed E-state index contributed by atoms with van der Waals surface area (Å²) < 4.78 is 6.93. The van der Waals surface area contributed by atoms with E-state index in [1.807, 2.05) is 12.1 Å². The summed E-state index contributed by atoms with van der Waals surface area (Å²) in [6.45, 7) is 3.43. The predicted molar refractivity (Wildman–Crippen MR) is 178 cm³/mol. The van der Waals surface area contributed by atoms with E-state index in [2.05, 4.69) is 30.9 Å². The number of imidazole rings is 1. The van der Waals surface area contributed by atoms with E-state index in [0.29, 0.717) is 23.1 Å². The van der Waals surface area contributed by atoms with Crippen molar-refractivity contribution in [2.75, 3.05) is 19.8 Å². The van der Waals surface area contributed by atoms with E-state index in [-0.39, 0.29) is 50.8 Å². The number of nitrogens with zero attached hydrogens (tertiary/aromatic N) is 5. The van der Waals surface area contributed by atoms with Crippen LogP contribution < -0.4 is 16.4 Å². The minimum Gasteiger partial charge on any atom is -0.384 e. The lowest BCUT2D eigenvalue weighted by Crippen LogP contribution is -2.64. The second kappa shape index (κ2) is 14.3. The van der Waals surface area contributed by atoms with E-state index < -0.39 is 58.7 Å². The van der Waals surface area contributed by atoms with Crippen LogP contribution in [0.15, 0.2) is 30.5 Å². The van der Waals surface area contributed by atoms with Gasteiger partial charge < -0.3 is 36.1 Å². The Morgan fingerprint density at radius 3 is 2.52 bits per heavy atom. The number of rotatable bonds is 11. The minimum atomic E-state index is -1.59. The molecule has 1 saturated carbocycles. The van der Waals surface area contributed by atoms with Gasteiger partial charge in [0.2, 0.25) is 17.6 Å². The largest absolute Gasteiger partial charge is 0.384 e. The van der Waals surface area contributed by atoms with Gasteiger partial charge >= 0.3 is 0 Å². The van der Waals surface area contributed by atoms with Gasteiger partial charge in [-0.25, -0.2) is 9.67 Å². The van der Waals surface area contributed by atoms with E-state index in [0.717, 1.165) is 32.1 Å². The molecule has 3 atom stereocenters. The molecule has 1 aliphatic carbocycles. The number of ether oxygens (including phenoxy) is 1. The fourth-order valence-corrected chi connectivity index (χ4v) is 7.58. The van der Waals surface area contributed by atoms with Gasteiger partial charge in [0.05, 0.1) is 29.0 Å². The predicted octanol–water partition coefficient (Wildman–Crippen LogP) is 1.01. The third-order valence-electron chi connectivity index (χ3n) is 10.3. The van der Waals surface area contributed by atoms with Gasteiger partial charge in [0.15, 0.2) is 5.82 Å². The highest BCUT2D eigenvalue weighted by Crippen LogP contribution is 2.34. The molecule has 16 nitrogen and oxygen atoms in total. The molecule has 50 heavy (non-hydrogen) atoms. The molecule has 268 valence electrons. The summed E-state index contributed by atoms with van der Waals surface area (Å²) in [5, 5.41) is 24.8. The fourth-order valence-electron chi connectivity index (χ4n) is 7.58. The van der Waals surface area contributed by atoms with Crippen LogP contribution in [-0.4, -0.2) is 102 Å². The van der Waals surface area contributed by atoms with Gasteiger partial charge in [-0.2, -0.15) is 0 Å². The van der Waals surface area contributed by atoms with E-state index in [4.69, 9.17) is 10.5 Å². The van der Waals surface area contributed by atoms with Crippen LogP contribution in [0.25, 0.3) is 11.0 Å². The number of Topliss-reactive ketones (excluding diaryl/α,β-unsaturated/α-hetero) is 1. The van der Waals surface area contributed by atoms with Crippen molar-refractivity contribution in [1.29, 1.82) is 0 Å². The lowest BCUT2D eigenvalue weighted by atomic mass is 9.84. The average Bonchev–Trinajstić information content (AvgIpc) is 3.86. The summed E-state index contributed by atoms with van der Waals surface area (Å²) in [5.74, 6) is -3.56. The van der Waals surface area contributed by atoms with Gasteiger partial charge in [0, 0.05) is 39.0 Å². The zero-order chi connectivity index (χ0) is 35.6. The highest BCUT2D eigenvalue weighted by molar-refractivity contribution is 6.39. The smallest absolute Gasteiger partial charge is 0.287 e. The van der Waals surface area contributed by atoms with Crippen LogP contribution in [0.4, 0.5) is 0 Å². The number of aromatic amines is 1. The van der Waals surface area contributed by atoms with Crippen molar-refractivity contribution in [3.63, 3.8) is 0 Å². The number of nitrogens with two attached hydrogens (primary N) is 1. The highest BCUT2D eigenvalue weighted by Gasteiger charge is 2.49. The SMILES string of the molecule is CC(C)(O)c1cnnn1[C@H]1C[C@@H](C(=O)NC2(C(=O)C(N)=O)CCOCC2)N(C(=O)C(CC2CCCCC2)NC(=O)c2nc3ccccc3[nH]2)C1. The molecule has 3 fully saturated rings. The number of carbonyl (C=O) groups excluding carboxylic acids is 5. The van der Waals surface area contributed by atoms with Crippen LogP contribution in [0.2, 0.25) is 0 Å². The molecule has 0 radical (unpaired) electrons. The van der Waals surface area contributed by atoms with Gasteiger partial charge in [0.1, 0.15) is 23.2 Å². The Hall–Kier alpha value is -4.70. The first-order valence-electron chi connectivity index (χ1n) is 17.3. The van der Waals surface area contributed by atoms with Crippen LogP contribution >= 0.6 is 0 Å². The molecule has 2 saturated heterocycles. The summed E-state index contributed by atoms with van der Waals surface area (Å²) in [7, 11) is 0. The second-order valence-electron chi connectivity index (χ2n) is 14.3. The number of hydrogen-bond donors (Lipinski definition) is 5. The van der Waals surface area contributed by atoms with Crippen molar-refractivity contribution in [2.24, 2.45) is 11.7 Å². The van der Waals surface area contributed by atoms with Crippen LogP contribution in [-0.2, 0) is 29.5 Å². The summed E-state index contributed by atoms with van der Waals surface area (Å²) >= 11 is 0. The van der Waals surface area contributed by atoms with E-state index in [9.17, 15) is 29.1 Å². The van der Waals surface area contributed by atoms with Crippen molar-refractivity contribution in [3.8, 4) is 0 Å². The molecular formula is C34H45N9O7. The van der Waals surface area contributed by atoms with Gasteiger partial charge in [-0.1, -0.05) is 49.5 Å². The van der Waals surface area contributed by atoms with E-state index in [1.54, 1.807) is 26.0 Å². The third kappa shape index (κ3) is 7.26. The first kappa shape index (κ1) is 35.1. The number of hydrogen-bond acceptors (Lipinski definition) is 10. The molecule has 6 rings (SSSR count). The Balaban J connectivity index is 1.33. The average molecular weight is 692 g/mol. The number of nitrogens with one attached hydrogen (secondary N) is 3. The molecular weight excluding hydrogens is 646 g/mol. The summed E-state index contributed by atoms with van der Waals surface area (Å²) in [5.41, 5.74) is 4.16. The Labute approximate surface area is 288 Å². The number of ketones is 1. The van der Waals surface area contributed by atoms with Crippen LogP contribution in [0.1, 0.15) is 94.0 Å². The molecule has 4 heterocycles. The Morgan fingerprint density at radius 2 is 1.84 bits per heavy atom. The number of primary amides is 1. The highest BCUT2D eigenvalue weighted by atomic mass is 16.5. The standard InChI is InChI=1S/C34H45N9O7/c1-33(2,49)26-18-36-41-43(26)21-17-25(30(46)40-34(27(44)28(35)45)12-14-50-15-13-34)42(19-21)32(48)24(16-20-8-4-3-5-9-20)39-31(47)29-37-22-10-6-7-11-23(22)38-29/h6-7,10-11,18,20-21,24-25,49H,3-5,8-9,12-17,19H2,1-2H3,(H2,35,45)(H,37,38)(H,39,47)(H,40,46)/t21-,24?,25-/m0/s1. The number of likely N-dealkylation sites (tertiary alicyclic amines) is 1. The number of aromatic nitrogens is 5. The van der Waals surface area contributed by atoms with Crippen molar-refractivity contribution >= 4 is 40.4 Å². The number of amides is 4. The number of para-hydroxylation sites is 2. The topological polar surface area (TPSA) is 228 Å². The first-order chi connectivity index (χ1) is 23.9. The van der Waals surface area contributed by atoms with Crippen LogP contribution in [0.3, 0.4) is 0 Å². The maximum atomic E-state index is 14.7. The number of fused-ring (bicyclic) bond motifs is 1. The molecule has 3 aliphatic rings. The Morgan fingerprint density at radius 1 is 1.12 bits per heavy atom. The van der Waals surface area contributed by atoms with Crippen LogP contribution in [0.5, 0.6) is 0 Å². The van der Waals surface area contributed by atoms with Crippen molar-refractivity contribution in [3.05, 3.63) is 42.0 Å². The molecule has 1 aromatic carbocycles. The molecule has 16 heteroatoms. The quantitative estimate of drug-likeness (QED) is 0.179. The molecule has 0 spiro atoms. The first-order valence-corrected chi connectivity index (χ1v) is 17.3. The Kier molecular flexibility index (Phi) is 10.0. The Bertz CT molecular complexity index is 1720. The molecule has 0 bridgehead atoms. The molecule has 1 unspecified atom stereocenters. The second-order valence-corrected chi connectivity index (χ2v) is 14.3. The van der Waals surface area contributed by atoms with Gasteiger partial charge in [-0.3, -0.25) is 24.0 Å². The van der Waals surface area contributed by atoms with Crippen molar-refractivity contribution < 1.29 is 33.8 Å². The lowest BCUT2D eigenvalue weighted by Gasteiger charge is -2.37. The molecule has 3 aromatic rings. The number of aliphatic hydroxyl groups is 1. The van der Waals surface area contributed by atoms with Crippen molar-refractivity contribution in [2.45, 2.75) is 101 Å². The summed E-state index contributed by atoms with van der Waals surface area (Å²) in [6.07, 6.45) is 6.89. The maximum Gasteiger partial charge on any atom is 0.287 e. The normalized spacial score (nSPS) is 21.9. The zero-order valence-corrected chi connectivity index (χ0v) is 28.4. The molecule has 2 aromatic heterocycles. The monoisotopic (exact) mass is 691 g/mol. The summed E-state index contributed by atoms with van der Waals surface area (Å²) in [4.78, 5) is 76.7. The van der Waals surface area contributed by atoms with Gasteiger partial charge in [-0.15, -0.1) is 5.10 Å². The number of benzene rings is 1. The fraction of sp³-hybridized carbons (Fsp3) is 0.588. The zero-order valence-electron chi connectivity index (χ0n) is 28.4. The summed E-state index contributed by atoms with van der Waals surface area (Å²) in [6, 6.07) is 4.52. The minimum absolute atomic E-state index is 0.00487. The molecule has 4 amide bonds. The van der Waals surface area contributed by atoms with Crippen LogP contribution in [0, 0.1) is 5.92 Å². The van der Waals surface area contributed by atoms with E-state index >= 15 is 0 Å². The number of H-pyrrole nitrogens is 1. The van der Waals surface area contributed by atoms with Gasteiger partial charge in [-0.05, 0) is 38.3 Å².